The minimum atomic E-state index is 0.257. The summed E-state index contributed by atoms with van der Waals surface area (Å²) < 4.78 is 10.2. The first-order chi connectivity index (χ1) is 6.29. The average molecular weight is 201 g/mol. The van der Waals surface area contributed by atoms with Crippen molar-refractivity contribution in [1.82, 2.24) is 0 Å². The molecule has 0 N–H and O–H groups in total. The zero-order valence-electron chi connectivity index (χ0n) is 7.84. The van der Waals surface area contributed by atoms with Gasteiger partial charge in [-0.3, -0.25) is 0 Å². The summed E-state index contributed by atoms with van der Waals surface area (Å²) >= 11 is 5.99. The zero-order chi connectivity index (χ0) is 9.68. The summed E-state index contributed by atoms with van der Waals surface area (Å²) in [6, 6.07) is 5.62. The highest BCUT2D eigenvalue weighted by Gasteiger charge is 2.04. The Morgan fingerprint density at radius 3 is 2.77 bits per heavy atom. The zero-order valence-corrected chi connectivity index (χ0v) is 8.60. The molecule has 2 nitrogen and oxygen atoms in total. The van der Waals surface area contributed by atoms with Gasteiger partial charge < -0.3 is 9.47 Å². The fourth-order valence-corrected chi connectivity index (χ4v) is 1.44. The fourth-order valence-electron chi connectivity index (χ4n) is 1.14. The van der Waals surface area contributed by atoms with Crippen molar-refractivity contribution >= 4 is 11.6 Å². The minimum Gasteiger partial charge on any atom is -0.467 e. The summed E-state index contributed by atoms with van der Waals surface area (Å²) in [6.07, 6.45) is 0.860. The Kier molecular flexibility index (Phi) is 4.06. The molecule has 0 radical (unpaired) electrons. The third-order valence-corrected chi connectivity index (χ3v) is 2.12. The molecule has 0 fully saturated rings. The molecule has 0 aromatic heterocycles. The first-order valence-electron chi connectivity index (χ1n) is 4.18. The Labute approximate surface area is 83.4 Å². The Hall–Kier alpha value is -0.730. The molecule has 0 aliphatic rings. The number of hydrogen-bond acceptors (Lipinski definition) is 2. The van der Waals surface area contributed by atoms with Gasteiger partial charge in [-0.2, -0.15) is 0 Å². The minimum absolute atomic E-state index is 0.257. The second kappa shape index (κ2) is 5.10. The van der Waals surface area contributed by atoms with Crippen LogP contribution in [-0.4, -0.2) is 13.9 Å². The van der Waals surface area contributed by atoms with Crippen LogP contribution in [0.5, 0.6) is 5.75 Å². The van der Waals surface area contributed by atoms with E-state index in [0.717, 1.165) is 22.8 Å². The third-order valence-electron chi connectivity index (χ3n) is 1.76. The normalized spacial score (nSPS) is 10.1. The number of hydrogen-bond donors (Lipinski definition) is 0. The molecule has 0 unspecified atom stereocenters. The maximum atomic E-state index is 5.99. The highest BCUT2D eigenvalue weighted by atomic mass is 35.5. The van der Waals surface area contributed by atoms with E-state index in [1.54, 1.807) is 7.11 Å². The number of rotatable bonds is 4. The third kappa shape index (κ3) is 2.61. The van der Waals surface area contributed by atoms with Gasteiger partial charge in [-0.15, -0.1) is 0 Å². The quantitative estimate of drug-likeness (QED) is 0.696. The van der Waals surface area contributed by atoms with Crippen LogP contribution in [0.1, 0.15) is 12.5 Å². The van der Waals surface area contributed by atoms with E-state index in [1.165, 1.54) is 0 Å². The van der Waals surface area contributed by atoms with Gasteiger partial charge in [-0.05, 0) is 18.6 Å². The predicted octanol–water partition coefficient (Wildman–Crippen LogP) is 2.89. The molecular weight excluding hydrogens is 188 g/mol. The van der Waals surface area contributed by atoms with Crippen molar-refractivity contribution < 1.29 is 9.47 Å². The van der Waals surface area contributed by atoms with E-state index in [1.807, 2.05) is 25.1 Å². The Balaban J connectivity index is 2.85. The second-order valence-electron chi connectivity index (χ2n) is 2.62. The largest absolute Gasteiger partial charge is 0.467 e. The van der Waals surface area contributed by atoms with E-state index >= 15 is 0 Å². The van der Waals surface area contributed by atoms with E-state index in [-0.39, 0.29) is 6.79 Å². The smallest absolute Gasteiger partial charge is 0.188 e. The van der Waals surface area contributed by atoms with Crippen LogP contribution in [0.3, 0.4) is 0 Å². The fraction of sp³-hybridized carbons (Fsp3) is 0.400. The summed E-state index contributed by atoms with van der Waals surface area (Å²) in [4.78, 5) is 0. The molecule has 0 saturated heterocycles. The first-order valence-corrected chi connectivity index (χ1v) is 4.56. The monoisotopic (exact) mass is 200 g/mol. The van der Waals surface area contributed by atoms with Crippen LogP contribution in [0.15, 0.2) is 18.2 Å². The molecule has 0 bridgehead atoms. The Morgan fingerprint density at radius 2 is 2.15 bits per heavy atom. The van der Waals surface area contributed by atoms with Crippen molar-refractivity contribution in [3.8, 4) is 5.75 Å². The molecule has 1 aromatic rings. The van der Waals surface area contributed by atoms with Gasteiger partial charge in [0.05, 0.1) is 0 Å². The van der Waals surface area contributed by atoms with Gasteiger partial charge >= 0.3 is 0 Å². The van der Waals surface area contributed by atoms with E-state index < -0.39 is 0 Å². The highest BCUT2D eigenvalue weighted by molar-refractivity contribution is 6.31. The van der Waals surface area contributed by atoms with Crippen molar-refractivity contribution in [2.45, 2.75) is 13.3 Å². The number of ether oxygens (including phenoxy) is 2. The van der Waals surface area contributed by atoms with Crippen molar-refractivity contribution in [1.29, 1.82) is 0 Å². The summed E-state index contributed by atoms with van der Waals surface area (Å²) in [7, 11) is 1.59. The van der Waals surface area contributed by atoms with Crippen LogP contribution in [0, 0.1) is 0 Å². The summed E-state index contributed by atoms with van der Waals surface area (Å²) in [5.74, 6) is 0.803. The topological polar surface area (TPSA) is 18.5 Å². The van der Waals surface area contributed by atoms with Crippen LogP contribution in [0.25, 0.3) is 0 Å². The molecule has 0 saturated carbocycles. The van der Waals surface area contributed by atoms with Crippen LogP contribution in [0.2, 0.25) is 5.02 Å². The maximum Gasteiger partial charge on any atom is 0.188 e. The Morgan fingerprint density at radius 1 is 1.38 bits per heavy atom. The molecule has 3 heteroatoms. The molecule has 0 spiro atoms. The molecule has 1 rings (SSSR count). The summed E-state index contributed by atoms with van der Waals surface area (Å²) in [5.41, 5.74) is 1.03. The van der Waals surface area contributed by atoms with Gasteiger partial charge in [0, 0.05) is 17.7 Å². The lowest BCUT2D eigenvalue weighted by Gasteiger charge is -2.10. The standard InChI is InChI=1S/C10H13ClO2/c1-3-8-9(11)5-4-6-10(8)13-7-12-2/h4-6H,3,7H2,1-2H3. The molecule has 0 heterocycles. The second-order valence-corrected chi connectivity index (χ2v) is 3.03. The van der Waals surface area contributed by atoms with Crippen LogP contribution in [-0.2, 0) is 11.2 Å². The highest BCUT2D eigenvalue weighted by Crippen LogP contribution is 2.26. The summed E-state index contributed by atoms with van der Waals surface area (Å²) in [5, 5.41) is 0.746. The van der Waals surface area contributed by atoms with Crippen molar-refractivity contribution in [3.63, 3.8) is 0 Å². The lowest BCUT2D eigenvalue weighted by atomic mass is 10.1. The molecule has 0 atom stereocenters. The molecule has 1 aromatic carbocycles. The van der Waals surface area contributed by atoms with E-state index in [4.69, 9.17) is 21.1 Å². The number of benzene rings is 1. The van der Waals surface area contributed by atoms with Crippen molar-refractivity contribution in [2.24, 2.45) is 0 Å². The van der Waals surface area contributed by atoms with E-state index in [9.17, 15) is 0 Å². The van der Waals surface area contributed by atoms with Crippen LogP contribution < -0.4 is 4.74 Å². The average Bonchev–Trinajstić information content (AvgIpc) is 2.15. The van der Waals surface area contributed by atoms with Gasteiger partial charge in [0.2, 0.25) is 0 Å². The number of halogens is 1. The molecule has 0 aliphatic carbocycles. The molecule has 0 aliphatic heterocycles. The SMILES string of the molecule is CCc1c(Cl)cccc1OCOC. The van der Waals surface area contributed by atoms with Crippen LogP contribution >= 0.6 is 11.6 Å². The Bertz CT molecular complexity index is 274. The number of methoxy groups -OCH3 is 1. The predicted molar refractivity (Wildman–Crippen MR) is 53.3 cm³/mol. The lowest BCUT2D eigenvalue weighted by molar-refractivity contribution is 0.0505. The van der Waals surface area contributed by atoms with Crippen molar-refractivity contribution in [3.05, 3.63) is 28.8 Å². The van der Waals surface area contributed by atoms with Gasteiger partial charge in [-0.25, -0.2) is 0 Å². The van der Waals surface area contributed by atoms with Gasteiger partial charge in [0.25, 0.3) is 0 Å². The van der Waals surface area contributed by atoms with E-state index in [2.05, 4.69) is 0 Å². The van der Waals surface area contributed by atoms with Crippen molar-refractivity contribution in [2.75, 3.05) is 13.9 Å². The van der Waals surface area contributed by atoms with Gasteiger partial charge in [-0.1, -0.05) is 24.6 Å². The molecular formula is C10H13ClO2. The van der Waals surface area contributed by atoms with Crippen LogP contribution in [0.4, 0.5) is 0 Å². The van der Waals surface area contributed by atoms with E-state index in [0.29, 0.717) is 0 Å². The van der Waals surface area contributed by atoms with Gasteiger partial charge in [0.15, 0.2) is 6.79 Å². The summed E-state index contributed by atoms with van der Waals surface area (Å²) in [6.45, 7) is 2.30. The molecule has 13 heavy (non-hydrogen) atoms. The molecule has 72 valence electrons. The molecule has 0 amide bonds. The lowest BCUT2D eigenvalue weighted by Crippen LogP contribution is -2.01. The maximum absolute atomic E-state index is 5.99. The van der Waals surface area contributed by atoms with Gasteiger partial charge in [0.1, 0.15) is 5.75 Å². The first kappa shape index (κ1) is 10.4.